The van der Waals surface area contributed by atoms with Crippen molar-refractivity contribution in [2.75, 3.05) is 6.54 Å². The van der Waals surface area contributed by atoms with Crippen molar-refractivity contribution >= 4 is 10.0 Å². The first-order valence-corrected chi connectivity index (χ1v) is 8.66. The fourth-order valence-electron chi connectivity index (χ4n) is 2.60. The molecular weight excluding hydrogens is 302 g/mol. The van der Waals surface area contributed by atoms with Crippen LogP contribution < -0.4 is 4.72 Å². The SMILES string of the molecule is Cn1cc(S(=O)(=O)NC[C@](O)(c2ccccc2)C2CC2)cn1. The van der Waals surface area contributed by atoms with E-state index in [1.165, 1.54) is 17.1 Å². The quantitative estimate of drug-likeness (QED) is 0.831. The van der Waals surface area contributed by atoms with Crippen LogP contribution in [0.15, 0.2) is 47.6 Å². The van der Waals surface area contributed by atoms with E-state index in [1.807, 2.05) is 30.3 Å². The highest BCUT2D eigenvalue weighted by atomic mass is 32.2. The maximum atomic E-state index is 12.3. The number of hydrogen-bond acceptors (Lipinski definition) is 4. The summed E-state index contributed by atoms with van der Waals surface area (Å²) in [5.41, 5.74) is -0.428. The molecule has 0 spiro atoms. The number of aromatic nitrogens is 2. The zero-order chi connectivity index (χ0) is 15.8. The fourth-order valence-corrected chi connectivity index (χ4v) is 3.65. The highest BCUT2D eigenvalue weighted by Crippen LogP contribution is 2.45. The molecule has 1 fully saturated rings. The van der Waals surface area contributed by atoms with Crippen molar-refractivity contribution in [2.24, 2.45) is 13.0 Å². The lowest BCUT2D eigenvalue weighted by atomic mass is 9.89. The highest BCUT2D eigenvalue weighted by Gasteiger charge is 2.45. The molecule has 6 nitrogen and oxygen atoms in total. The molecule has 7 heteroatoms. The molecule has 1 aliphatic rings. The summed E-state index contributed by atoms with van der Waals surface area (Å²) in [5.74, 6) is 0.0894. The van der Waals surface area contributed by atoms with Crippen molar-refractivity contribution in [1.82, 2.24) is 14.5 Å². The lowest BCUT2D eigenvalue weighted by Gasteiger charge is -2.29. The number of hydrogen-bond donors (Lipinski definition) is 2. The molecule has 2 N–H and O–H groups in total. The predicted molar refractivity (Wildman–Crippen MR) is 81.5 cm³/mol. The van der Waals surface area contributed by atoms with E-state index in [4.69, 9.17) is 0 Å². The van der Waals surface area contributed by atoms with E-state index in [0.29, 0.717) is 0 Å². The largest absolute Gasteiger partial charge is 0.383 e. The molecule has 1 aliphatic carbocycles. The van der Waals surface area contributed by atoms with Gasteiger partial charge in [-0.25, -0.2) is 13.1 Å². The first kappa shape index (κ1) is 15.2. The Balaban J connectivity index is 1.81. The van der Waals surface area contributed by atoms with Crippen LogP contribution >= 0.6 is 0 Å². The summed E-state index contributed by atoms with van der Waals surface area (Å²) >= 11 is 0. The van der Waals surface area contributed by atoms with Crippen molar-refractivity contribution in [3.63, 3.8) is 0 Å². The number of sulfonamides is 1. The van der Waals surface area contributed by atoms with Crippen LogP contribution in [-0.2, 0) is 22.7 Å². The second-order valence-electron chi connectivity index (χ2n) is 5.74. The first-order chi connectivity index (χ1) is 10.4. The van der Waals surface area contributed by atoms with Gasteiger partial charge in [-0.2, -0.15) is 5.10 Å². The summed E-state index contributed by atoms with van der Waals surface area (Å²) in [4.78, 5) is 0.0983. The Morgan fingerprint density at radius 2 is 2.05 bits per heavy atom. The molecule has 1 heterocycles. The van der Waals surface area contributed by atoms with Crippen LogP contribution in [0, 0.1) is 5.92 Å². The average Bonchev–Trinajstić information content (AvgIpc) is 3.28. The van der Waals surface area contributed by atoms with Crippen LogP contribution in [0.4, 0.5) is 0 Å². The lowest BCUT2D eigenvalue weighted by molar-refractivity contribution is 0.0185. The molecule has 1 aromatic heterocycles. The van der Waals surface area contributed by atoms with E-state index in [-0.39, 0.29) is 17.4 Å². The predicted octanol–water partition coefficient (Wildman–Crippen LogP) is 0.996. The number of benzene rings is 1. The Bertz CT molecular complexity index is 753. The Labute approximate surface area is 129 Å². The van der Waals surface area contributed by atoms with Gasteiger partial charge in [-0.15, -0.1) is 0 Å². The van der Waals surface area contributed by atoms with Crippen LogP contribution in [0.5, 0.6) is 0 Å². The van der Waals surface area contributed by atoms with E-state index in [1.54, 1.807) is 7.05 Å². The van der Waals surface area contributed by atoms with Gasteiger partial charge in [-0.3, -0.25) is 4.68 Å². The van der Waals surface area contributed by atoms with Gasteiger partial charge in [0.15, 0.2) is 0 Å². The van der Waals surface area contributed by atoms with Gasteiger partial charge >= 0.3 is 0 Å². The zero-order valence-corrected chi connectivity index (χ0v) is 13.1. The van der Waals surface area contributed by atoms with Crippen molar-refractivity contribution in [3.05, 3.63) is 48.3 Å². The maximum absolute atomic E-state index is 12.3. The molecule has 0 unspecified atom stereocenters. The normalized spacial score (nSPS) is 18.1. The molecule has 1 saturated carbocycles. The monoisotopic (exact) mass is 321 g/mol. The molecular formula is C15H19N3O3S. The zero-order valence-electron chi connectivity index (χ0n) is 12.3. The Morgan fingerprint density at radius 3 is 2.59 bits per heavy atom. The molecule has 2 aromatic rings. The third kappa shape index (κ3) is 2.92. The van der Waals surface area contributed by atoms with Gasteiger partial charge in [0, 0.05) is 19.8 Å². The molecule has 1 aromatic carbocycles. The summed E-state index contributed by atoms with van der Waals surface area (Å²) in [6.45, 7) is -0.0428. The van der Waals surface area contributed by atoms with Gasteiger partial charge in [-0.05, 0) is 24.3 Å². The van der Waals surface area contributed by atoms with E-state index in [9.17, 15) is 13.5 Å². The minimum Gasteiger partial charge on any atom is -0.383 e. The second kappa shape index (κ2) is 5.49. The Hall–Kier alpha value is -1.70. The van der Waals surface area contributed by atoms with Crippen molar-refractivity contribution in [3.8, 4) is 0 Å². The topological polar surface area (TPSA) is 84.2 Å². The van der Waals surface area contributed by atoms with Crippen molar-refractivity contribution < 1.29 is 13.5 Å². The van der Waals surface area contributed by atoms with Crippen LogP contribution in [-0.4, -0.2) is 29.8 Å². The van der Waals surface area contributed by atoms with E-state index >= 15 is 0 Å². The second-order valence-corrected chi connectivity index (χ2v) is 7.51. The summed E-state index contributed by atoms with van der Waals surface area (Å²) in [7, 11) is -2.02. The third-order valence-electron chi connectivity index (χ3n) is 4.05. The van der Waals surface area contributed by atoms with E-state index < -0.39 is 15.6 Å². The molecule has 0 amide bonds. The Morgan fingerprint density at radius 1 is 1.36 bits per heavy atom. The van der Waals surface area contributed by atoms with E-state index in [2.05, 4.69) is 9.82 Å². The Kier molecular flexibility index (Phi) is 3.80. The van der Waals surface area contributed by atoms with Crippen molar-refractivity contribution in [2.45, 2.75) is 23.3 Å². The van der Waals surface area contributed by atoms with Crippen LogP contribution in [0.2, 0.25) is 0 Å². The smallest absolute Gasteiger partial charge is 0.243 e. The molecule has 118 valence electrons. The summed E-state index contributed by atoms with van der Waals surface area (Å²) < 4.78 is 28.5. The van der Waals surface area contributed by atoms with Crippen LogP contribution in [0.3, 0.4) is 0 Å². The molecule has 0 radical (unpaired) electrons. The lowest BCUT2D eigenvalue weighted by Crippen LogP contribution is -2.42. The minimum atomic E-state index is -3.68. The van der Waals surface area contributed by atoms with E-state index in [0.717, 1.165) is 18.4 Å². The van der Waals surface area contributed by atoms with Gasteiger partial charge in [0.25, 0.3) is 0 Å². The number of nitrogens with zero attached hydrogens (tertiary/aromatic N) is 2. The summed E-state index contributed by atoms with van der Waals surface area (Å²) in [6.07, 6.45) is 4.53. The van der Waals surface area contributed by atoms with Gasteiger partial charge in [-0.1, -0.05) is 30.3 Å². The molecule has 22 heavy (non-hydrogen) atoms. The third-order valence-corrected chi connectivity index (χ3v) is 5.41. The maximum Gasteiger partial charge on any atom is 0.243 e. The number of rotatable bonds is 6. The van der Waals surface area contributed by atoms with Crippen molar-refractivity contribution in [1.29, 1.82) is 0 Å². The van der Waals surface area contributed by atoms with Gasteiger partial charge in [0.2, 0.25) is 10.0 Å². The summed E-state index contributed by atoms with van der Waals surface area (Å²) in [6, 6.07) is 9.22. The van der Waals surface area contributed by atoms with Crippen LogP contribution in [0.25, 0.3) is 0 Å². The molecule has 0 saturated heterocycles. The number of aryl methyl sites for hydroxylation is 1. The number of nitrogens with one attached hydrogen (secondary N) is 1. The minimum absolute atomic E-state index is 0.0428. The molecule has 3 rings (SSSR count). The molecule has 1 atom stereocenters. The van der Waals surface area contributed by atoms with Crippen LogP contribution in [0.1, 0.15) is 18.4 Å². The molecule has 0 bridgehead atoms. The first-order valence-electron chi connectivity index (χ1n) is 7.18. The molecule has 0 aliphatic heterocycles. The standard InChI is InChI=1S/C15H19N3O3S/c1-18-10-14(9-16-18)22(20,21)17-11-15(19,13-7-8-13)12-5-3-2-4-6-12/h2-6,9-10,13,17,19H,7-8,11H2,1H3/t15-/m0/s1. The highest BCUT2D eigenvalue weighted by molar-refractivity contribution is 7.89. The van der Waals surface area contributed by atoms with Gasteiger partial charge < -0.3 is 5.11 Å². The van der Waals surface area contributed by atoms with Gasteiger partial charge in [0.05, 0.1) is 6.20 Å². The number of aliphatic hydroxyl groups is 1. The van der Waals surface area contributed by atoms with Gasteiger partial charge in [0.1, 0.15) is 10.5 Å². The average molecular weight is 321 g/mol. The summed E-state index contributed by atoms with van der Waals surface area (Å²) in [5, 5.41) is 14.9. The fraction of sp³-hybridized carbons (Fsp3) is 0.400.